The first-order chi connectivity index (χ1) is 9.72. The number of aliphatic hydroxyl groups is 1. The second-order valence-corrected chi connectivity index (χ2v) is 4.84. The average molecular weight is 308 g/mol. The molecule has 0 aliphatic heterocycles. The van der Waals surface area contributed by atoms with Crippen LogP contribution in [-0.4, -0.2) is 24.4 Å². The Morgan fingerprint density at radius 1 is 1.29 bits per heavy atom. The molecule has 2 aromatic carbocycles. The maximum absolute atomic E-state index is 9.35. The lowest BCUT2D eigenvalue weighted by Gasteiger charge is -2.15. The van der Waals surface area contributed by atoms with E-state index in [1.165, 1.54) is 10.8 Å². The van der Waals surface area contributed by atoms with Gasteiger partial charge in [0.2, 0.25) is 0 Å². The predicted octanol–water partition coefficient (Wildman–Crippen LogP) is 3.30. The van der Waals surface area contributed by atoms with Crippen molar-refractivity contribution in [1.82, 2.24) is 5.32 Å². The molecule has 0 bridgehead atoms. The summed E-state index contributed by atoms with van der Waals surface area (Å²) in [5.74, 6) is 0.863. The molecule has 0 saturated heterocycles. The van der Waals surface area contributed by atoms with Gasteiger partial charge in [0, 0.05) is 18.7 Å². The molecule has 1 unspecified atom stereocenters. The number of hydrogen-bond donors (Lipinski definition) is 2. The van der Waals surface area contributed by atoms with Gasteiger partial charge in [-0.3, -0.25) is 0 Å². The predicted molar refractivity (Wildman–Crippen MR) is 90.3 cm³/mol. The molecule has 0 radical (unpaired) electrons. The minimum absolute atomic E-state index is 0. The lowest BCUT2D eigenvalue weighted by atomic mass is 10.0. The van der Waals surface area contributed by atoms with E-state index in [2.05, 4.69) is 30.1 Å². The molecule has 2 rings (SSSR count). The van der Waals surface area contributed by atoms with Crippen LogP contribution in [0.5, 0.6) is 5.75 Å². The molecule has 2 N–H and O–H groups in total. The third-order valence-corrected chi connectivity index (χ3v) is 3.10. The summed E-state index contributed by atoms with van der Waals surface area (Å²) in [6, 6.07) is 12.3. The van der Waals surface area contributed by atoms with E-state index >= 15 is 0 Å². The molecule has 3 nitrogen and oxygen atoms in total. The zero-order chi connectivity index (χ0) is 14.4. The molecule has 0 amide bonds. The van der Waals surface area contributed by atoms with Gasteiger partial charge in [-0.2, -0.15) is 0 Å². The largest absolute Gasteiger partial charge is 0.489 e. The summed E-state index contributed by atoms with van der Waals surface area (Å²) in [4.78, 5) is 0. The van der Waals surface area contributed by atoms with Crippen molar-refractivity contribution >= 4 is 23.2 Å². The second-order valence-electron chi connectivity index (χ2n) is 4.84. The van der Waals surface area contributed by atoms with Gasteiger partial charge in [-0.15, -0.1) is 12.4 Å². The van der Waals surface area contributed by atoms with Gasteiger partial charge in [-0.1, -0.05) is 43.0 Å². The van der Waals surface area contributed by atoms with Crippen molar-refractivity contribution in [3.8, 4) is 5.75 Å². The molecule has 1 atom stereocenters. The number of hydrogen-bond acceptors (Lipinski definition) is 3. The summed E-state index contributed by atoms with van der Waals surface area (Å²) in [6.45, 7) is 7.16. The van der Waals surface area contributed by atoms with Gasteiger partial charge < -0.3 is 15.2 Å². The average Bonchev–Trinajstić information content (AvgIpc) is 2.45. The van der Waals surface area contributed by atoms with E-state index in [-0.39, 0.29) is 18.5 Å². The SMILES string of the molecule is C=CCOc1ccc2ccccc2c1CNCC(C)O.Cl. The number of benzene rings is 2. The van der Waals surface area contributed by atoms with E-state index in [4.69, 9.17) is 4.74 Å². The number of nitrogens with one attached hydrogen (secondary N) is 1. The van der Waals surface area contributed by atoms with E-state index < -0.39 is 0 Å². The highest BCUT2D eigenvalue weighted by Crippen LogP contribution is 2.28. The Kier molecular flexibility index (Phi) is 7.23. The Balaban J connectivity index is 0.00000220. The van der Waals surface area contributed by atoms with Crippen LogP contribution in [-0.2, 0) is 6.54 Å². The van der Waals surface area contributed by atoms with Crippen molar-refractivity contribution < 1.29 is 9.84 Å². The van der Waals surface area contributed by atoms with Crippen LogP contribution in [0.4, 0.5) is 0 Å². The first kappa shape index (κ1) is 17.5. The minimum Gasteiger partial charge on any atom is -0.489 e. The van der Waals surface area contributed by atoms with Gasteiger partial charge in [-0.05, 0) is 23.8 Å². The van der Waals surface area contributed by atoms with Crippen molar-refractivity contribution in [2.75, 3.05) is 13.2 Å². The molecule has 0 fully saturated rings. The van der Waals surface area contributed by atoms with Crippen LogP contribution in [0.15, 0.2) is 49.1 Å². The normalized spacial score (nSPS) is 11.7. The molecule has 2 aromatic rings. The summed E-state index contributed by atoms with van der Waals surface area (Å²) >= 11 is 0. The Labute approximate surface area is 132 Å². The van der Waals surface area contributed by atoms with Gasteiger partial charge in [0.25, 0.3) is 0 Å². The van der Waals surface area contributed by atoms with Crippen LogP contribution < -0.4 is 10.1 Å². The quantitative estimate of drug-likeness (QED) is 0.771. The molecular formula is C17H22ClNO2. The third kappa shape index (κ3) is 4.74. The zero-order valence-electron chi connectivity index (χ0n) is 12.2. The van der Waals surface area contributed by atoms with Crippen LogP contribution in [0.1, 0.15) is 12.5 Å². The van der Waals surface area contributed by atoms with Crippen LogP contribution in [0.2, 0.25) is 0 Å². The Hall–Kier alpha value is -1.55. The standard InChI is InChI=1S/C17H21NO2.ClH/c1-3-10-20-17-9-8-14-6-4-5-7-15(14)16(17)12-18-11-13(2)19;/h3-9,13,18-19H,1,10-12H2,2H3;1H. The van der Waals surface area contributed by atoms with Crippen LogP contribution in [0.3, 0.4) is 0 Å². The molecule has 0 aliphatic carbocycles. The fourth-order valence-electron chi connectivity index (χ4n) is 2.19. The number of aliphatic hydroxyl groups excluding tert-OH is 1. The summed E-state index contributed by atoms with van der Waals surface area (Å²) < 4.78 is 5.73. The molecule has 0 spiro atoms. The Bertz CT molecular complexity index is 584. The van der Waals surface area contributed by atoms with Crippen molar-refractivity contribution in [3.05, 3.63) is 54.6 Å². The second kappa shape index (κ2) is 8.67. The number of fused-ring (bicyclic) bond motifs is 1. The summed E-state index contributed by atoms with van der Waals surface area (Å²) in [5.41, 5.74) is 1.12. The molecule has 0 heterocycles. The highest BCUT2D eigenvalue weighted by molar-refractivity contribution is 5.87. The first-order valence-electron chi connectivity index (χ1n) is 6.85. The van der Waals surface area contributed by atoms with Crippen molar-refractivity contribution in [1.29, 1.82) is 0 Å². The summed E-state index contributed by atoms with van der Waals surface area (Å²) in [7, 11) is 0. The highest BCUT2D eigenvalue weighted by atomic mass is 35.5. The van der Waals surface area contributed by atoms with Crippen LogP contribution in [0, 0.1) is 0 Å². The number of halogens is 1. The zero-order valence-corrected chi connectivity index (χ0v) is 13.0. The van der Waals surface area contributed by atoms with E-state index in [0.29, 0.717) is 19.7 Å². The number of rotatable bonds is 7. The van der Waals surface area contributed by atoms with Gasteiger partial charge in [-0.25, -0.2) is 0 Å². The highest BCUT2D eigenvalue weighted by Gasteiger charge is 2.08. The molecule has 0 saturated carbocycles. The fraction of sp³-hybridized carbons (Fsp3) is 0.294. The van der Waals surface area contributed by atoms with E-state index in [0.717, 1.165) is 11.3 Å². The molecule has 4 heteroatoms. The van der Waals surface area contributed by atoms with E-state index in [9.17, 15) is 5.11 Å². The first-order valence-corrected chi connectivity index (χ1v) is 6.85. The molecule has 21 heavy (non-hydrogen) atoms. The smallest absolute Gasteiger partial charge is 0.124 e. The summed E-state index contributed by atoms with van der Waals surface area (Å²) in [5, 5.41) is 15.0. The van der Waals surface area contributed by atoms with Gasteiger partial charge >= 0.3 is 0 Å². The molecular weight excluding hydrogens is 286 g/mol. The Morgan fingerprint density at radius 3 is 2.76 bits per heavy atom. The topological polar surface area (TPSA) is 41.5 Å². The third-order valence-electron chi connectivity index (χ3n) is 3.10. The summed E-state index contributed by atoms with van der Waals surface area (Å²) in [6.07, 6.45) is 1.38. The lowest BCUT2D eigenvalue weighted by molar-refractivity contribution is 0.191. The monoisotopic (exact) mass is 307 g/mol. The molecule has 114 valence electrons. The van der Waals surface area contributed by atoms with Gasteiger partial charge in [0.05, 0.1) is 6.10 Å². The van der Waals surface area contributed by atoms with Crippen molar-refractivity contribution in [2.45, 2.75) is 19.6 Å². The van der Waals surface area contributed by atoms with Gasteiger partial charge in [0.1, 0.15) is 12.4 Å². The number of ether oxygens (including phenoxy) is 1. The van der Waals surface area contributed by atoms with Crippen molar-refractivity contribution in [2.24, 2.45) is 0 Å². The lowest BCUT2D eigenvalue weighted by Crippen LogP contribution is -2.24. The van der Waals surface area contributed by atoms with Gasteiger partial charge in [0.15, 0.2) is 0 Å². The fourth-order valence-corrected chi connectivity index (χ4v) is 2.19. The Morgan fingerprint density at radius 2 is 2.05 bits per heavy atom. The minimum atomic E-state index is -0.359. The van der Waals surface area contributed by atoms with Crippen LogP contribution >= 0.6 is 12.4 Å². The maximum Gasteiger partial charge on any atom is 0.124 e. The van der Waals surface area contributed by atoms with Crippen molar-refractivity contribution in [3.63, 3.8) is 0 Å². The maximum atomic E-state index is 9.35. The van der Waals surface area contributed by atoms with Crippen LogP contribution in [0.25, 0.3) is 10.8 Å². The molecule has 0 aromatic heterocycles. The van der Waals surface area contributed by atoms with E-state index in [1.807, 2.05) is 18.2 Å². The van der Waals surface area contributed by atoms with E-state index in [1.54, 1.807) is 13.0 Å². The molecule has 0 aliphatic rings.